The molecular formula is C13H15N5O3. The summed E-state index contributed by atoms with van der Waals surface area (Å²) >= 11 is 0. The van der Waals surface area contributed by atoms with E-state index in [9.17, 15) is 4.79 Å². The fraction of sp³-hybridized carbons (Fsp3) is 0.385. The predicted molar refractivity (Wildman–Crippen MR) is 73.0 cm³/mol. The molecule has 8 heteroatoms. The molecule has 0 radical (unpaired) electrons. The highest BCUT2D eigenvalue weighted by molar-refractivity contribution is 5.95. The number of aromatic nitrogens is 4. The van der Waals surface area contributed by atoms with Crippen molar-refractivity contribution in [1.29, 1.82) is 0 Å². The van der Waals surface area contributed by atoms with Gasteiger partial charge in [0, 0.05) is 12.7 Å². The molecule has 110 valence electrons. The van der Waals surface area contributed by atoms with Crippen LogP contribution < -0.4 is 10.1 Å². The number of fused-ring (bicyclic) bond motifs is 1. The lowest BCUT2D eigenvalue weighted by Crippen LogP contribution is -2.24. The van der Waals surface area contributed by atoms with Crippen LogP contribution in [0.4, 0.5) is 5.95 Å². The first-order valence-corrected chi connectivity index (χ1v) is 6.57. The van der Waals surface area contributed by atoms with Gasteiger partial charge in [-0.3, -0.25) is 10.1 Å². The highest BCUT2D eigenvalue weighted by atomic mass is 16.5. The molecule has 1 unspecified atom stereocenters. The molecule has 8 nitrogen and oxygen atoms in total. The molecule has 2 heterocycles. The molecule has 1 atom stereocenters. The normalized spacial score (nSPS) is 16.3. The number of para-hydroxylation sites is 1. The average molecular weight is 289 g/mol. The third kappa shape index (κ3) is 2.70. The maximum atomic E-state index is 12.4. The molecule has 1 amide bonds. The van der Waals surface area contributed by atoms with Crippen LogP contribution in [0.1, 0.15) is 11.5 Å². The number of anilines is 1. The van der Waals surface area contributed by atoms with E-state index in [0.29, 0.717) is 25.7 Å². The second-order valence-electron chi connectivity index (χ2n) is 4.61. The summed E-state index contributed by atoms with van der Waals surface area (Å²) in [6.45, 7) is 1.25. The van der Waals surface area contributed by atoms with Gasteiger partial charge < -0.3 is 9.47 Å². The minimum atomic E-state index is -0.353. The van der Waals surface area contributed by atoms with Crippen LogP contribution >= 0.6 is 0 Å². The summed E-state index contributed by atoms with van der Waals surface area (Å²) in [5, 5.41) is 13.9. The largest absolute Gasteiger partial charge is 0.492 e. The van der Waals surface area contributed by atoms with Crippen LogP contribution in [0.3, 0.4) is 0 Å². The fourth-order valence-corrected chi connectivity index (χ4v) is 2.20. The van der Waals surface area contributed by atoms with Crippen molar-refractivity contribution >= 4 is 11.9 Å². The fourth-order valence-electron chi connectivity index (χ4n) is 2.20. The van der Waals surface area contributed by atoms with E-state index < -0.39 is 0 Å². The van der Waals surface area contributed by atoms with Gasteiger partial charge in [0.25, 0.3) is 0 Å². The number of benzene rings is 1. The van der Waals surface area contributed by atoms with E-state index in [1.54, 1.807) is 7.11 Å². The number of amides is 1. The molecule has 1 aliphatic heterocycles. The highest BCUT2D eigenvalue weighted by Gasteiger charge is 2.30. The average Bonchev–Trinajstić information content (AvgIpc) is 3.11. The Hall–Kier alpha value is -2.48. The molecule has 1 N–H and O–H groups in total. The Bertz CT molecular complexity index is 642. The third-order valence-corrected chi connectivity index (χ3v) is 3.29. The minimum absolute atomic E-state index is 0.187. The smallest absolute Gasteiger partial charge is 0.249 e. The quantitative estimate of drug-likeness (QED) is 0.858. The maximum absolute atomic E-state index is 12.4. The van der Waals surface area contributed by atoms with Crippen molar-refractivity contribution in [3.63, 3.8) is 0 Å². The van der Waals surface area contributed by atoms with Gasteiger partial charge in [0.05, 0.1) is 13.2 Å². The lowest BCUT2D eigenvalue weighted by atomic mass is 10.0. The third-order valence-electron chi connectivity index (χ3n) is 3.29. The molecule has 3 rings (SSSR count). The van der Waals surface area contributed by atoms with E-state index in [-0.39, 0.29) is 11.8 Å². The van der Waals surface area contributed by atoms with Crippen molar-refractivity contribution in [1.82, 2.24) is 20.2 Å². The number of carbonyl (C=O) groups is 1. The van der Waals surface area contributed by atoms with Crippen molar-refractivity contribution in [2.45, 2.75) is 12.5 Å². The van der Waals surface area contributed by atoms with Crippen LogP contribution in [0, 0.1) is 0 Å². The second kappa shape index (κ2) is 5.88. The topological polar surface area (TPSA) is 91.2 Å². The monoisotopic (exact) mass is 289 g/mol. The van der Waals surface area contributed by atoms with Crippen molar-refractivity contribution < 1.29 is 14.3 Å². The summed E-state index contributed by atoms with van der Waals surface area (Å²) in [4.78, 5) is 12.4. The van der Waals surface area contributed by atoms with E-state index in [4.69, 9.17) is 9.47 Å². The SMILES string of the molecule is COCCn1nnnc1NC(=O)C1COc2ccccc21. The van der Waals surface area contributed by atoms with Gasteiger partial charge in [-0.15, -0.1) is 0 Å². The summed E-state index contributed by atoms with van der Waals surface area (Å²) < 4.78 is 12.0. The Balaban J connectivity index is 1.72. The number of nitrogens with zero attached hydrogens (tertiary/aromatic N) is 4. The molecule has 0 saturated carbocycles. The summed E-state index contributed by atoms with van der Waals surface area (Å²) in [7, 11) is 1.59. The number of nitrogens with one attached hydrogen (secondary N) is 1. The first-order chi connectivity index (χ1) is 10.3. The highest BCUT2D eigenvalue weighted by Crippen LogP contribution is 2.33. The molecule has 21 heavy (non-hydrogen) atoms. The van der Waals surface area contributed by atoms with Crippen molar-refractivity contribution in [3.8, 4) is 5.75 Å². The Kier molecular flexibility index (Phi) is 3.78. The maximum Gasteiger partial charge on any atom is 0.249 e. The van der Waals surface area contributed by atoms with Crippen molar-refractivity contribution in [3.05, 3.63) is 29.8 Å². The van der Waals surface area contributed by atoms with Gasteiger partial charge in [-0.1, -0.05) is 23.3 Å². The Morgan fingerprint density at radius 2 is 2.38 bits per heavy atom. The van der Waals surface area contributed by atoms with E-state index >= 15 is 0 Å². The molecule has 0 aliphatic carbocycles. The molecule has 1 aromatic heterocycles. The first-order valence-electron chi connectivity index (χ1n) is 6.57. The van der Waals surface area contributed by atoms with Gasteiger partial charge in [0.2, 0.25) is 11.9 Å². The zero-order valence-electron chi connectivity index (χ0n) is 11.5. The Morgan fingerprint density at radius 1 is 1.52 bits per heavy atom. The summed E-state index contributed by atoms with van der Waals surface area (Å²) in [6, 6.07) is 7.51. The van der Waals surface area contributed by atoms with E-state index in [0.717, 1.165) is 11.3 Å². The molecule has 1 aromatic carbocycles. The number of hydrogen-bond donors (Lipinski definition) is 1. The molecule has 1 aliphatic rings. The molecule has 0 spiro atoms. The van der Waals surface area contributed by atoms with Crippen molar-refractivity contribution in [2.24, 2.45) is 0 Å². The standard InChI is InChI=1S/C13H15N5O3/c1-20-7-6-18-13(15-16-17-18)14-12(19)10-8-21-11-5-3-2-4-9(10)11/h2-5,10H,6-8H2,1H3,(H,14,15,17,19). The number of hydrogen-bond acceptors (Lipinski definition) is 6. The summed E-state index contributed by atoms with van der Waals surface area (Å²) in [5.74, 6) is 0.514. The molecule has 0 saturated heterocycles. The zero-order valence-corrected chi connectivity index (χ0v) is 11.5. The molecule has 0 fully saturated rings. The van der Waals surface area contributed by atoms with Crippen LogP contribution in [0.15, 0.2) is 24.3 Å². The van der Waals surface area contributed by atoms with Gasteiger partial charge in [0.1, 0.15) is 18.3 Å². The number of carbonyl (C=O) groups excluding carboxylic acids is 1. The number of tetrazole rings is 1. The number of methoxy groups -OCH3 is 1. The zero-order chi connectivity index (χ0) is 14.7. The van der Waals surface area contributed by atoms with Gasteiger partial charge in [-0.25, -0.2) is 4.68 Å². The van der Waals surface area contributed by atoms with E-state index in [1.165, 1.54) is 4.68 Å². The Morgan fingerprint density at radius 3 is 3.24 bits per heavy atom. The lowest BCUT2D eigenvalue weighted by Gasteiger charge is -2.09. The predicted octanol–water partition coefficient (Wildman–Crippen LogP) is 0.434. The van der Waals surface area contributed by atoms with Gasteiger partial charge >= 0.3 is 0 Å². The summed E-state index contributed by atoms with van der Waals surface area (Å²) in [5.41, 5.74) is 0.880. The van der Waals surface area contributed by atoms with Crippen LogP contribution in [-0.4, -0.2) is 46.4 Å². The van der Waals surface area contributed by atoms with Crippen LogP contribution in [0.25, 0.3) is 0 Å². The minimum Gasteiger partial charge on any atom is -0.492 e. The molecule has 0 bridgehead atoms. The first kappa shape index (κ1) is 13.5. The van der Waals surface area contributed by atoms with Crippen LogP contribution in [0.2, 0.25) is 0 Å². The lowest BCUT2D eigenvalue weighted by molar-refractivity contribution is -0.117. The molecule has 2 aromatic rings. The van der Waals surface area contributed by atoms with Crippen LogP contribution in [0.5, 0.6) is 5.75 Å². The van der Waals surface area contributed by atoms with E-state index in [1.807, 2.05) is 24.3 Å². The summed E-state index contributed by atoms with van der Waals surface area (Å²) in [6.07, 6.45) is 0. The molecular weight excluding hydrogens is 274 g/mol. The number of rotatable bonds is 5. The van der Waals surface area contributed by atoms with Crippen LogP contribution in [-0.2, 0) is 16.1 Å². The second-order valence-corrected chi connectivity index (χ2v) is 4.61. The number of ether oxygens (including phenoxy) is 2. The van der Waals surface area contributed by atoms with Gasteiger partial charge in [-0.2, -0.15) is 0 Å². The van der Waals surface area contributed by atoms with Gasteiger partial charge in [-0.05, 0) is 16.5 Å². The Labute approximate surface area is 121 Å². The van der Waals surface area contributed by atoms with Crippen molar-refractivity contribution in [2.75, 3.05) is 25.6 Å². The van der Waals surface area contributed by atoms with E-state index in [2.05, 4.69) is 20.8 Å². The van der Waals surface area contributed by atoms with Gasteiger partial charge in [0.15, 0.2) is 0 Å².